The summed E-state index contributed by atoms with van der Waals surface area (Å²) in [6.45, 7) is 7.87. The Labute approximate surface area is 239 Å². The SMILES string of the molecule is C=CC(=O)Nc1ccccc1Nc1nc(Nc2ccc(N3CCN(C)CC3)cc2)ncc1OCc1ccc(O)cc1. The van der Waals surface area contributed by atoms with E-state index in [1.165, 1.54) is 11.8 Å². The number of hydrogen-bond donors (Lipinski definition) is 4. The molecule has 1 aliphatic rings. The number of amides is 1. The number of aromatic nitrogens is 2. The van der Waals surface area contributed by atoms with Crippen LogP contribution >= 0.6 is 0 Å². The average Bonchev–Trinajstić information content (AvgIpc) is 2.99. The zero-order chi connectivity index (χ0) is 28.6. The lowest BCUT2D eigenvalue weighted by molar-refractivity contribution is -0.111. The van der Waals surface area contributed by atoms with E-state index < -0.39 is 0 Å². The minimum Gasteiger partial charge on any atom is -0.508 e. The number of likely N-dealkylation sites (N-methyl/N-ethyl adjacent to an activating group) is 1. The van der Waals surface area contributed by atoms with E-state index >= 15 is 0 Å². The monoisotopic (exact) mass is 551 g/mol. The Morgan fingerprint density at radius 1 is 0.976 bits per heavy atom. The van der Waals surface area contributed by atoms with Gasteiger partial charge in [0.05, 0.1) is 17.6 Å². The molecule has 1 aliphatic heterocycles. The maximum atomic E-state index is 12.0. The van der Waals surface area contributed by atoms with Gasteiger partial charge in [-0.2, -0.15) is 4.98 Å². The van der Waals surface area contributed by atoms with E-state index in [0.29, 0.717) is 28.9 Å². The topological polar surface area (TPSA) is 115 Å². The molecule has 0 radical (unpaired) electrons. The van der Waals surface area contributed by atoms with Crippen molar-refractivity contribution in [3.63, 3.8) is 0 Å². The first kappa shape index (κ1) is 27.5. The number of piperazine rings is 1. The fourth-order valence-electron chi connectivity index (χ4n) is 4.34. The number of nitrogens with one attached hydrogen (secondary N) is 3. The zero-order valence-electron chi connectivity index (χ0n) is 22.9. The van der Waals surface area contributed by atoms with Crippen molar-refractivity contribution in [3.8, 4) is 11.5 Å². The number of rotatable bonds is 10. The highest BCUT2D eigenvalue weighted by Crippen LogP contribution is 2.32. The second-order valence-electron chi connectivity index (χ2n) is 9.69. The van der Waals surface area contributed by atoms with Crippen LogP contribution in [0.5, 0.6) is 11.5 Å². The molecule has 0 aliphatic carbocycles. The summed E-state index contributed by atoms with van der Waals surface area (Å²) >= 11 is 0. The van der Waals surface area contributed by atoms with Gasteiger partial charge in [-0.05, 0) is 67.2 Å². The van der Waals surface area contributed by atoms with Gasteiger partial charge in [0.2, 0.25) is 11.9 Å². The molecule has 0 saturated carbocycles. The number of phenols is 1. The van der Waals surface area contributed by atoms with Gasteiger partial charge in [-0.15, -0.1) is 0 Å². The van der Waals surface area contributed by atoms with E-state index in [1.54, 1.807) is 36.5 Å². The van der Waals surface area contributed by atoms with Crippen LogP contribution in [-0.4, -0.2) is 59.1 Å². The van der Waals surface area contributed by atoms with E-state index in [9.17, 15) is 9.90 Å². The van der Waals surface area contributed by atoms with Crippen LogP contribution in [0.25, 0.3) is 0 Å². The summed E-state index contributed by atoms with van der Waals surface area (Å²) in [6, 6.07) is 22.3. The third-order valence-electron chi connectivity index (χ3n) is 6.70. The molecule has 0 spiro atoms. The molecular formula is C31H33N7O3. The molecule has 1 aromatic heterocycles. The molecule has 1 saturated heterocycles. The third-order valence-corrected chi connectivity index (χ3v) is 6.70. The smallest absolute Gasteiger partial charge is 0.247 e. The van der Waals surface area contributed by atoms with Gasteiger partial charge in [0.1, 0.15) is 12.4 Å². The number of aromatic hydroxyl groups is 1. The van der Waals surface area contributed by atoms with Crippen LogP contribution in [0.4, 0.5) is 34.5 Å². The molecule has 1 amide bonds. The van der Waals surface area contributed by atoms with Gasteiger partial charge in [-0.1, -0.05) is 30.8 Å². The van der Waals surface area contributed by atoms with E-state index in [1.807, 2.05) is 30.3 Å². The average molecular weight is 552 g/mol. The number of anilines is 6. The summed E-state index contributed by atoms with van der Waals surface area (Å²) < 4.78 is 6.06. The molecule has 10 nitrogen and oxygen atoms in total. The van der Waals surface area contributed by atoms with Crippen LogP contribution in [0, 0.1) is 0 Å². The molecule has 4 N–H and O–H groups in total. The normalized spacial score (nSPS) is 13.3. The lowest BCUT2D eigenvalue weighted by Crippen LogP contribution is -2.44. The number of hydrogen-bond acceptors (Lipinski definition) is 9. The summed E-state index contributed by atoms with van der Waals surface area (Å²) in [5.41, 5.74) is 4.09. The predicted octanol–water partition coefficient (Wildman–Crippen LogP) is 5.12. The number of carbonyl (C=O) groups is 1. The molecule has 0 bridgehead atoms. The molecular weight excluding hydrogens is 518 g/mol. The van der Waals surface area contributed by atoms with Gasteiger partial charge >= 0.3 is 0 Å². The molecule has 4 aromatic rings. The van der Waals surface area contributed by atoms with Crippen molar-refractivity contribution in [2.75, 3.05) is 54.1 Å². The van der Waals surface area contributed by atoms with Crippen LogP contribution < -0.4 is 25.6 Å². The summed E-state index contributed by atoms with van der Waals surface area (Å²) in [4.78, 5) is 25.9. The van der Waals surface area contributed by atoms with E-state index in [-0.39, 0.29) is 18.3 Å². The first-order chi connectivity index (χ1) is 20.0. The summed E-state index contributed by atoms with van der Waals surface area (Å²) in [5.74, 6) is 1.07. The fourth-order valence-corrected chi connectivity index (χ4v) is 4.34. The van der Waals surface area contributed by atoms with Crippen LogP contribution in [0.3, 0.4) is 0 Å². The Morgan fingerprint density at radius 2 is 1.68 bits per heavy atom. The minimum absolute atomic E-state index is 0.185. The van der Waals surface area contributed by atoms with E-state index in [2.05, 4.69) is 56.5 Å². The second-order valence-corrected chi connectivity index (χ2v) is 9.69. The highest BCUT2D eigenvalue weighted by atomic mass is 16.5. The van der Waals surface area contributed by atoms with Crippen molar-refractivity contribution in [1.29, 1.82) is 0 Å². The Kier molecular flexibility index (Phi) is 8.61. The fraction of sp³-hybridized carbons (Fsp3) is 0.194. The largest absolute Gasteiger partial charge is 0.508 e. The number of phenolic OH excluding ortho intramolecular Hbond substituents is 1. The van der Waals surface area contributed by atoms with Crippen molar-refractivity contribution < 1.29 is 14.6 Å². The van der Waals surface area contributed by atoms with Crippen molar-refractivity contribution in [3.05, 3.63) is 97.2 Å². The molecule has 2 heterocycles. The minimum atomic E-state index is -0.326. The highest BCUT2D eigenvalue weighted by Gasteiger charge is 2.15. The lowest BCUT2D eigenvalue weighted by atomic mass is 10.2. The van der Waals surface area contributed by atoms with Gasteiger partial charge < -0.3 is 35.6 Å². The number of para-hydroxylation sites is 2. The van der Waals surface area contributed by atoms with Gasteiger partial charge in [-0.3, -0.25) is 4.79 Å². The zero-order valence-corrected chi connectivity index (χ0v) is 22.9. The second kappa shape index (κ2) is 12.8. The van der Waals surface area contributed by atoms with Crippen molar-refractivity contribution in [2.45, 2.75) is 6.61 Å². The predicted molar refractivity (Wildman–Crippen MR) is 162 cm³/mol. The number of ether oxygens (including phenoxy) is 1. The van der Waals surface area contributed by atoms with Gasteiger partial charge in [-0.25, -0.2) is 4.98 Å². The molecule has 210 valence electrons. The van der Waals surface area contributed by atoms with Crippen molar-refractivity contribution >= 4 is 40.4 Å². The van der Waals surface area contributed by atoms with E-state index in [4.69, 9.17) is 9.72 Å². The van der Waals surface area contributed by atoms with Crippen LogP contribution in [0.15, 0.2) is 91.6 Å². The summed E-state index contributed by atoms with van der Waals surface area (Å²) in [7, 11) is 2.15. The molecule has 5 rings (SSSR count). The number of nitrogens with zero attached hydrogens (tertiary/aromatic N) is 4. The van der Waals surface area contributed by atoms with Gasteiger partial charge in [0, 0.05) is 37.6 Å². The molecule has 0 atom stereocenters. The van der Waals surface area contributed by atoms with Crippen LogP contribution in [-0.2, 0) is 11.4 Å². The van der Waals surface area contributed by atoms with Crippen LogP contribution in [0.2, 0.25) is 0 Å². The Balaban J connectivity index is 1.37. The first-order valence-corrected chi connectivity index (χ1v) is 13.3. The molecule has 41 heavy (non-hydrogen) atoms. The standard InChI is InChI=1S/C31H33N7O3/c1-3-29(40)34-26-6-4-5-7-27(26)35-30-28(41-21-22-8-14-25(39)15-9-22)20-32-31(36-30)33-23-10-12-24(13-11-23)38-18-16-37(2)17-19-38/h3-15,20,39H,1,16-19,21H2,2H3,(H,34,40)(H2,32,33,35,36). The maximum Gasteiger partial charge on any atom is 0.247 e. The highest BCUT2D eigenvalue weighted by molar-refractivity contribution is 6.01. The number of benzene rings is 3. The molecule has 0 unspecified atom stereocenters. The Hall–Kier alpha value is -5.09. The van der Waals surface area contributed by atoms with Crippen molar-refractivity contribution in [1.82, 2.24) is 14.9 Å². The summed E-state index contributed by atoms with van der Waals surface area (Å²) in [5, 5.41) is 18.9. The Morgan fingerprint density at radius 3 is 2.39 bits per heavy atom. The van der Waals surface area contributed by atoms with Gasteiger partial charge in [0.15, 0.2) is 11.6 Å². The lowest BCUT2D eigenvalue weighted by Gasteiger charge is -2.34. The molecule has 10 heteroatoms. The first-order valence-electron chi connectivity index (χ1n) is 13.3. The van der Waals surface area contributed by atoms with Crippen LogP contribution in [0.1, 0.15) is 5.56 Å². The third kappa shape index (κ3) is 7.31. The number of carbonyl (C=O) groups excluding carboxylic acids is 1. The summed E-state index contributed by atoms with van der Waals surface area (Å²) in [6.07, 6.45) is 2.81. The van der Waals surface area contributed by atoms with E-state index in [0.717, 1.165) is 37.4 Å². The van der Waals surface area contributed by atoms with Gasteiger partial charge in [0.25, 0.3) is 0 Å². The Bertz CT molecular complexity index is 1480. The maximum absolute atomic E-state index is 12.0. The van der Waals surface area contributed by atoms with Crippen molar-refractivity contribution in [2.24, 2.45) is 0 Å². The quantitative estimate of drug-likeness (QED) is 0.199. The molecule has 3 aromatic carbocycles. The molecule has 1 fully saturated rings.